The summed E-state index contributed by atoms with van der Waals surface area (Å²) in [5, 5.41) is 9.53. The van der Waals surface area contributed by atoms with Crippen LogP contribution in [0.2, 0.25) is 0 Å². The smallest absolute Gasteiger partial charge is 0.339 e. The molecule has 1 heterocycles. The molecule has 32 heavy (non-hydrogen) atoms. The fourth-order valence-electron chi connectivity index (χ4n) is 4.15. The first-order chi connectivity index (χ1) is 15.2. The van der Waals surface area contributed by atoms with Gasteiger partial charge in [0.15, 0.2) is 6.61 Å². The molecule has 0 aromatic heterocycles. The molecule has 0 bridgehead atoms. The van der Waals surface area contributed by atoms with Crippen molar-refractivity contribution in [2.45, 2.75) is 52.2 Å². The van der Waals surface area contributed by atoms with Gasteiger partial charge in [-0.05, 0) is 49.1 Å². The third kappa shape index (κ3) is 5.46. The number of carboxylic acids is 1. The fraction of sp³-hybridized carbons (Fsp3) is 0.440. The second-order valence-corrected chi connectivity index (χ2v) is 8.77. The van der Waals surface area contributed by atoms with E-state index < -0.39 is 5.97 Å². The van der Waals surface area contributed by atoms with E-state index in [9.17, 15) is 19.1 Å². The van der Waals surface area contributed by atoms with Crippen LogP contribution in [0.25, 0.3) is 0 Å². The number of hydrogen-bond acceptors (Lipinski definition) is 4. The molecular formula is C25H31FN2O4. The van der Waals surface area contributed by atoms with Gasteiger partial charge in [0, 0.05) is 31.7 Å². The number of piperazine rings is 1. The predicted molar refractivity (Wildman–Crippen MR) is 120 cm³/mol. The van der Waals surface area contributed by atoms with Gasteiger partial charge in [-0.15, -0.1) is 0 Å². The Labute approximate surface area is 188 Å². The summed E-state index contributed by atoms with van der Waals surface area (Å²) in [7, 11) is 0. The monoisotopic (exact) mass is 442 g/mol. The Morgan fingerprint density at radius 1 is 1.09 bits per heavy atom. The third-order valence-corrected chi connectivity index (χ3v) is 5.97. The van der Waals surface area contributed by atoms with Crippen molar-refractivity contribution < 1.29 is 23.8 Å². The van der Waals surface area contributed by atoms with Crippen LogP contribution in [0.15, 0.2) is 42.5 Å². The topological polar surface area (TPSA) is 70.1 Å². The van der Waals surface area contributed by atoms with E-state index in [0.29, 0.717) is 19.6 Å². The summed E-state index contributed by atoms with van der Waals surface area (Å²) >= 11 is 0. The highest BCUT2D eigenvalue weighted by atomic mass is 19.1. The summed E-state index contributed by atoms with van der Waals surface area (Å²) in [5.41, 5.74) is 1.86. The molecule has 1 N–H and O–H groups in total. The molecule has 1 fully saturated rings. The predicted octanol–water partition coefficient (Wildman–Crippen LogP) is 4.15. The number of ether oxygens (including phenoxy) is 1. The second kappa shape index (κ2) is 10.1. The zero-order valence-electron chi connectivity index (χ0n) is 19.0. The first kappa shape index (κ1) is 23.7. The van der Waals surface area contributed by atoms with Crippen LogP contribution in [-0.2, 0) is 11.3 Å². The van der Waals surface area contributed by atoms with Gasteiger partial charge in [-0.1, -0.05) is 38.1 Å². The van der Waals surface area contributed by atoms with E-state index in [4.69, 9.17) is 4.74 Å². The molecule has 1 amide bonds. The molecule has 6 nitrogen and oxygen atoms in total. The number of carboxylic acid groups (broad SMARTS) is 1. The van der Waals surface area contributed by atoms with Crippen LogP contribution in [0, 0.1) is 5.82 Å². The van der Waals surface area contributed by atoms with Crippen LogP contribution in [0.4, 0.5) is 4.39 Å². The van der Waals surface area contributed by atoms with Gasteiger partial charge in [0.1, 0.15) is 17.1 Å². The number of benzene rings is 2. The molecular weight excluding hydrogens is 411 g/mol. The van der Waals surface area contributed by atoms with E-state index in [1.54, 1.807) is 23.1 Å². The van der Waals surface area contributed by atoms with Crippen molar-refractivity contribution in [3.8, 4) is 5.75 Å². The third-order valence-electron chi connectivity index (χ3n) is 5.97. The van der Waals surface area contributed by atoms with Crippen molar-refractivity contribution in [1.82, 2.24) is 9.80 Å². The van der Waals surface area contributed by atoms with E-state index >= 15 is 0 Å². The first-order valence-corrected chi connectivity index (χ1v) is 10.9. The number of halogens is 1. The number of carbonyl (C=O) groups is 2. The molecule has 0 saturated carbocycles. The van der Waals surface area contributed by atoms with E-state index in [0.717, 1.165) is 11.1 Å². The van der Waals surface area contributed by atoms with Crippen LogP contribution in [0.5, 0.6) is 5.75 Å². The van der Waals surface area contributed by atoms with Crippen LogP contribution in [0.3, 0.4) is 0 Å². The van der Waals surface area contributed by atoms with Crippen molar-refractivity contribution in [2.24, 2.45) is 0 Å². The summed E-state index contributed by atoms with van der Waals surface area (Å²) in [6.07, 6.45) is 0. The minimum atomic E-state index is -1.08. The van der Waals surface area contributed by atoms with E-state index in [2.05, 4.69) is 11.8 Å². The Kier molecular flexibility index (Phi) is 7.51. The average Bonchev–Trinajstić information content (AvgIpc) is 2.75. The van der Waals surface area contributed by atoms with Gasteiger partial charge >= 0.3 is 5.97 Å². The van der Waals surface area contributed by atoms with Crippen molar-refractivity contribution in [2.75, 3.05) is 19.7 Å². The number of para-hydroxylation sites is 1. The quantitative estimate of drug-likeness (QED) is 0.698. The Morgan fingerprint density at radius 2 is 1.78 bits per heavy atom. The normalized spacial score (nSPS) is 19.2. The molecule has 0 unspecified atom stereocenters. The molecule has 1 saturated heterocycles. The van der Waals surface area contributed by atoms with Crippen LogP contribution in [0.1, 0.15) is 55.1 Å². The first-order valence-electron chi connectivity index (χ1n) is 10.9. The summed E-state index contributed by atoms with van der Waals surface area (Å²) in [6.45, 7) is 9.68. The Morgan fingerprint density at radius 3 is 2.41 bits per heavy atom. The molecule has 1 aliphatic heterocycles. The highest BCUT2D eigenvalue weighted by Gasteiger charge is 2.32. The van der Waals surface area contributed by atoms with Gasteiger partial charge in [0.2, 0.25) is 0 Å². The van der Waals surface area contributed by atoms with Gasteiger partial charge in [-0.3, -0.25) is 9.69 Å². The molecule has 2 atom stereocenters. The van der Waals surface area contributed by atoms with Gasteiger partial charge in [0.05, 0.1) is 0 Å². The lowest BCUT2D eigenvalue weighted by atomic mass is 9.99. The highest BCUT2D eigenvalue weighted by Crippen LogP contribution is 2.30. The maximum Gasteiger partial charge on any atom is 0.339 e. The van der Waals surface area contributed by atoms with Crippen molar-refractivity contribution >= 4 is 11.9 Å². The van der Waals surface area contributed by atoms with Crippen LogP contribution in [-0.4, -0.2) is 58.6 Å². The summed E-state index contributed by atoms with van der Waals surface area (Å²) in [6, 6.07) is 11.6. The van der Waals surface area contributed by atoms with E-state index in [-0.39, 0.29) is 47.6 Å². The summed E-state index contributed by atoms with van der Waals surface area (Å²) in [5.74, 6) is -1.17. The zero-order chi connectivity index (χ0) is 23.4. The number of carbonyl (C=O) groups excluding carboxylic acids is 1. The lowest BCUT2D eigenvalue weighted by Gasteiger charge is -2.44. The number of rotatable bonds is 7. The molecule has 0 spiro atoms. The minimum Gasteiger partial charge on any atom is -0.483 e. The average molecular weight is 443 g/mol. The van der Waals surface area contributed by atoms with Crippen molar-refractivity contribution in [3.05, 3.63) is 65.0 Å². The maximum atomic E-state index is 13.2. The molecule has 172 valence electrons. The number of amides is 1. The molecule has 0 radical (unpaired) electrons. The standard InChI is InChI=1S/C25H31FN2O4/c1-16(2)21-6-5-7-22(25(30)31)24(21)32-15-23(29)28-13-17(3)27(12-18(28)4)14-19-8-10-20(26)11-9-19/h5-11,16-18H,12-15H2,1-4H3,(H,30,31)/t17-,18+/m1/s1. The lowest BCUT2D eigenvalue weighted by Crippen LogP contribution is -2.58. The Balaban J connectivity index is 1.66. The second-order valence-electron chi connectivity index (χ2n) is 8.77. The molecule has 2 aromatic rings. The van der Waals surface area contributed by atoms with Gasteiger partial charge in [0.25, 0.3) is 5.91 Å². The lowest BCUT2D eigenvalue weighted by molar-refractivity contribution is -0.139. The fourth-order valence-corrected chi connectivity index (χ4v) is 4.15. The van der Waals surface area contributed by atoms with Gasteiger partial charge < -0.3 is 14.7 Å². The van der Waals surface area contributed by atoms with E-state index in [1.165, 1.54) is 18.2 Å². The largest absolute Gasteiger partial charge is 0.483 e. The highest BCUT2D eigenvalue weighted by molar-refractivity contribution is 5.91. The van der Waals surface area contributed by atoms with Crippen molar-refractivity contribution in [3.63, 3.8) is 0 Å². The summed E-state index contributed by atoms with van der Waals surface area (Å²) in [4.78, 5) is 28.7. The van der Waals surface area contributed by atoms with Crippen molar-refractivity contribution in [1.29, 1.82) is 0 Å². The minimum absolute atomic E-state index is 0.0259. The number of nitrogens with zero attached hydrogens (tertiary/aromatic N) is 2. The molecule has 1 aliphatic rings. The Hall–Kier alpha value is -2.93. The molecule has 2 aromatic carbocycles. The van der Waals surface area contributed by atoms with Crippen LogP contribution < -0.4 is 4.74 Å². The zero-order valence-corrected chi connectivity index (χ0v) is 19.0. The number of aromatic carboxylic acids is 1. The SMILES string of the molecule is CC(C)c1cccc(C(=O)O)c1OCC(=O)N1C[C@@H](C)N(Cc2ccc(F)cc2)C[C@@H]1C. The van der Waals surface area contributed by atoms with Crippen LogP contribution >= 0.6 is 0 Å². The summed E-state index contributed by atoms with van der Waals surface area (Å²) < 4.78 is 19.0. The Bertz CT molecular complexity index is 961. The van der Waals surface area contributed by atoms with Gasteiger partial charge in [-0.25, -0.2) is 9.18 Å². The van der Waals surface area contributed by atoms with Gasteiger partial charge in [-0.2, -0.15) is 0 Å². The molecule has 0 aliphatic carbocycles. The molecule has 3 rings (SSSR count). The van der Waals surface area contributed by atoms with E-state index in [1.807, 2.05) is 26.8 Å². The molecule has 7 heteroatoms. The maximum absolute atomic E-state index is 13.2. The number of hydrogen-bond donors (Lipinski definition) is 1.